The van der Waals surface area contributed by atoms with E-state index in [2.05, 4.69) is 9.98 Å². The van der Waals surface area contributed by atoms with Crippen molar-refractivity contribution in [1.82, 2.24) is 4.98 Å². The number of amidine groups is 1. The van der Waals surface area contributed by atoms with Crippen molar-refractivity contribution in [2.45, 2.75) is 25.0 Å². The number of aromatic nitrogens is 1. The molecule has 1 aromatic heterocycles. The van der Waals surface area contributed by atoms with Crippen molar-refractivity contribution in [3.05, 3.63) is 53.2 Å². The largest absolute Gasteiger partial charge is 0.443 e. The Labute approximate surface area is 147 Å². The molecule has 0 bridgehead atoms. The van der Waals surface area contributed by atoms with Crippen molar-refractivity contribution >= 4 is 16.9 Å². The van der Waals surface area contributed by atoms with Crippen LogP contribution in [0.5, 0.6) is 0 Å². The summed E-state index contributed by atoms with van der Waals surface area (Å²) in [5.74, 6) is 0.601. The number of hydrogen-bond acceptors (Lipinski definition) is 6. The topological polar surface area (TPSA) is 73.6 Å². The van der Waals surface area contributed by atoms with Gasteiger partial charge >= 0.3 is 0 Å². The first-order valence-corrected chi connectivity index (χ1v) is 8.94. The highest BCUT2D eigenvalue weighted by Gasteiger charge is 2.50. The maximum atomic E-state index is 14.5. The number of oxazole rings is 1. The normalized spacial score (nSPS) is 29.2. The van der Waals surface area contributed by atoms with Crippen LogP contribution in [-0.4, -0.2) is 22.5 Å². The molecule has 2 N–H and O–H groups in total. The Hall–Kier alpha value is -1.93. The summed E-state index contributed by atoms with van der Waals surface area (Å²) in [6.45, 7) is 1.95. The van der Waals surface area contributed by atoms with Gasteiger partial charge in [-0.15, -0.1) is 0 Å². The molecule has 0 spiro atoms. The van der Waals surface area contributed by atoms with Gasteiger partial charge in [-0.25, -0.2) is 18.8 Å². The molecule has 25 heavy (non-hydrogen) atoms. The fourth-order valence-corrected chi connectivity index (χ4v) is 4.51. The molecule has 2 aliphatic heterocycles. The predicted molar refractivity (Wildman–Crippen MR) is 90.2 cm³/mol. The van der Waals surface area contributed by atoms with E-state index < -0.39 is 17.2 Å². The number of ether oxygens (including phenoxy) is 1. The number of fused-ring (bicyclic) bond motifs is 1. The molecule has 0 amide bonds. The number of nitrogens with two attached hydrogens (primary N) is 1. The third-order valence-corrected chi connectivity index (χ3v) is 5.69. The summed E-state index contributed by atoms with van der Waals surface area (Å²) in [7, 11) is 0. The molecule has 1 fully saturated rings. The molecule has 1 aromatic carbocycles. The highest BCUT2D eigenvalue weighted by molar-refractivity contribution is 8.13. The summed E-state index contributed by atoms with van der Waals surface area (Å²) in [5, 5.41) is 0.383. The maximum absolute atomic E-state index is 14.5. The van der Waals surface area contributed by atoms with Gasteiger partial charge in [0.2, 0.25) is 5.89 Å². The number of aliphatic imine (C=N–C) groups is 1. The van der Waals surface area contributed by atoms with Crippen LogP contribution in [0, 0.1) is 24.5 Å². The smallest absolute Gasteiger partial charge is 0.223 e. The zero-order chi connectivity index (χ0) is 17.6. The third kappa shape index (κ3) is 2.83. The Morgan fingerprint density at radius 1 is 1.36 bits per heavy atom. The van der Waals surface area contributed by atoms with Crippen LogP contribution >= 0.6 is 11.8 Å². The van der Waals surface area contributed by atoms with Gasteiger partial charge in [0.05, 0.1) is 12.8 Å². The summed E-state index contributed by atoms with van der Waals surface area (Å²) >= 11 is 1.43. The number of benzene rings is 1. The van der Waals surface area contributed by atoms with E-state index in [9.17, 15) is 8.78 Å². The van der Waals surface area contributed by atoms with E-state index in [1.165, 1.54) is 23.9 Å². The van der Waals surface area contributed by atoms with E-state index in [1.807, 2.05) is 6.92 Å². The summed E-state index contributed by atoms with van der Waals surface area (Å²) in [6, 6.07) is 3.54. The van der Waals surface area contributed by atoms with Crippen LogP contribution in [-0.2, 0) is 10.3 Å². The van der Waals surface area contributed by atoms with Crippen LogP contribution in [0.2, 0.25) is 0 Å². The quantitative estimate of drug-likeness (QED) is 0.884. The van der Waals surface area contributed by atoms with E-state index in [4.69, 9.17) is 14.9 Å². The van der Waals surface area contributed by atoms with Gasteiger partial charge in [0.1, 0.15) is 29.0 Å². The Morgan fingerprint density at radius 3 is 2.92 bits per heavy atom. The molecule has 8 heteroatoms. The van der Waals surface area contributed by atoms with Crippen LogP contribution in [0.15, 0.2) is 33.8 Å². The fourth-order valence-electron chi connectivity index (χ4n) is 3.50. The molecule has 3 unspecified atom stereocenters. The zero-order valence-electron chi connectivity index (χ0n) is 13.5. The van der Waals surface area contributed by atoms with E-state index in [-0.39, 0.29) is 18.6 Å². The first-order chi connectivity index (χ1) is 12.0. The molecule has 2 aromatic rings. The number of nitrogens with zero attached hydrogens (tertiary/aromatic N) is 2. The van der Waals surface area contributed by atoms with Gasteiger partial charge in [0.25, 0.3) is 0 Å². The molecule has 132 valence electrons. The summed E-state index contributed by atoms with van der Waals surface area (Å²) in [6.07, 6.45) is 1.90. The Kier molecular flexibility index (Phi) is 4.04. The number of aryl methyl sites for hydroxylation is 1. The lowest BCUT2D eigenvalue weighted by molar-refractivity contribution is -0.0699. The highest BCUT2D eigenvalue weighted by atomic mass is 32.2. The Morgan fingerprint density at radius 2 is 2.20 bits per heavy atom. The number of halogens is 2. The van der Waals surface area contributed by atoms with Crippen molar-refractivity contribution in [2.75, 3.05) is 12.4 Å². The van der Waals surface area contributed by atoms with Crippen LogP contribution < -0.4 is 5.73 Å². The summed E-state index contributed by atoms with van der Waals surface area (Å²) in [5.41, 5.74) is 5.28. The second-order valence-corrected chi connectivity index (χ2v) is 7.39. The molecule has 0 saturated carbocycles. The molecular formula is C17H17F2N3O2S. The van der Waals surface area contributed by atoms with Crippen molar-refractivity contribution in [3.8, 4) is 0 Å². The van der Waals surface area contributed by atoms with E-state index in [1.54, 1.807) is 6.20 Å². The van der Waals surface area contributed by atoms with Gasteiger partial charge in [-0.1, -0.05) is 17.8 Å². The van der Waals surface area contributed by atoms with Gasteiger partial charge < -0.3 is 14.9 Å². The van der Waals surface area contributed by atoms with Gasteiger partial charge in [-0.3, -0.25) is 0 Å². The molecular weight excluding hydrogens is 348 g/mol. The summed E-state index contributed by atoms with van der Waals surface area (Å²) < 4.78 is 39.4. The third-order valence-electron chi connectivity index (χ3n) is 4.73. The SMILES string of the molecule is Cc1cnc(C2CC3CSC(N)=NC3(c3ccc(F)cc3F)CO2)o1. The maximum Gasteiger partial charge on any atom is 0.223 e. The van der Waals surface area contributed by atoms with Gasteiger partial charge in [-0.05, 0) is 19.4 Å². The molecule has 3 heterocycles. The van der Waals surface area contributed by atoms with Gasteiger partial charge in [0.15, 0.2) is 5.17 Å². The van der Waals surface area contributed by atoms with Crippen LogP contribution in [0.25, 0.3) is 0 Å². The minimum absolute atomic E-state index is 0.0317. The molecule has 0 aliphatic carbocycles. The second kappa shape index (κ2) is 6.10. The number of hydrogen-bond donors (Lipinski definition) is 1. The average molecular weight is 365 g/mol. The van der Waals surface area contributed by atoms with Crippen molar-refractivity contribution in [2.24, 2.45) is 16.6 Å². The number of rotatable bonds is 2. The molecule has 3 atom stereocenters. The molecule has 1 saturated heterocycles. The fraction of sp³-hybridized carbons (Fsp3) is 0.412. The van der Waals surface area contributed by atoms with Crippen molar-refractivity contribution in [1.29, 1.82) is 0 Å². The molecule has 5 nitrogen and oxygen atoms in total. The lowest BCUT2D eigenvalue weighted by Gasteiger charge is -2.45. The van der Waals surface area contributed by atoms with Crippen LogP contribution in [0.4, 0.5) is 8.78 Å². The van der Waals surface area contributed by atoms with Crippen LogP contribution in [0.1, 0.15) is 29.7 Å². The second-order valence-electron chi connectivity index (χ2n) is 6.35. The molecule has 2 aliphatic rings. The predicted octanol–water partition coefficient (Wildman–Crippen LogP) is 3.30. The monoisotopic (exact) mass is 365 g/mol. The Bertz CT molecular complexity index is 841. The minimum atomic E-state index is -0.953. The summed E-state index contributed by atoms with van der Waals surface area (Å²) in [4.78, 5) is 8.78. The number of thioether (sulfide) groups is 1. The standard InChI is InChI=1S/C17H17F2N3O2S/c1-9-6-21-15(24-9)14-4-10-7-25-16(20)22-17(10,8-23-14)12-3-2-11(18)5-13(12)19/h2-3,5-6,10,14H,4,7-8H2,1H3,(H2,20,22). The van der Waals surface area contributed by atoms with E-state index in [0.29, 0.717) is 34.6 Å². The van der Waals surface area contributed by atoms with E-state index >= 15 is 0 Å². The van der Waals surface area contributed by atoms with E-state index in [0.717, 1.165) is 6.07 Å². The average Bonchev–Trinajstić information content (AvgIpc) is 3.00. The van der Waals surface area contributed by atoms with Gasteiger partial charge in [0, 0.05) is 23.3 Å². The highest BCUT2D eigenvalue weighted by Crippen LogP contribution is 2.49. The van der Waals surface area contributed by atoms with Gasteiger partial charge in [-0.2, -0.15) is 0 Å². The zero-order valence-corrected chi connectivity index (χ0v) is 14.4. The van der Waals surface area contributed by atoms with Crippen molar-refractivity contribution in [3.63, 3.8) is 0 Å². The Balaban J connectivity index is 1.73. The lowest BCUT2D eigenvalue weighted by Crippen LogP contribution is -2.48. The molecule has 4 rings (SSSR count). The lowest BCUT2D eigenvalue weighted by atomic mass is 9.75. The van der Waals surface area contributed by atoms with Crippen LogP contribution in [0.3, 0.4) is 0 Å². The first-order valence-electron chi connectivity index (χ1n) is 7.95. The first kappa shape index (κ1) is 16.5. The molecule has 0 radical (unpaired) electrons. The minimum Gasteiger partial charge on any atom is -0.443 e. The van der Waals surface area contributed by atoms with Crippen molar-refractivity contribution < 1.29 is 17.9 Å².